The highest BCUT2D eigenvalue weighted by Crippen LogP contribution is 2.17. The molecule has 1 aromatic carbocycles. The van der Waals surface area contributed by atoms with Crippen LogP contribution in [0, 0.1) is 0 Å². The molecule has 0 bridgehead atoms. The number of likely N-dealkylation sites (N-methyl/N-ethyl adjacent to an activating group) is 1. The van der Waals surface area contributed by atoms with Gasteiger partial charge >= 0.3 is 0 Å². The van der Waals surface area contributed by atoms with Gasteiger partial charge in [-0.2, -0.15) is 0 Å². The highest BCUT2D eigenvalue weighted by Gasteiger charge is 2.20. The largest absolute Gasteiger partial charge is 0.302 e. The van der Waals surface area contributed by atoms with Gasteiger partial charge in [-0.1, -0.05) is 31.9 Å². The van der Waals surface area contributed by atoms with Crippen LogP contribution in [0.3, 0.4) is 0 Å². The molecule has 1 aliphatic rings. The second kappa shape index (κ2) is 11.8. The van der Waals surface area contributed by atoms with Crippen molar-refractivity contribution in [1.29, 1.82) is 0 Å². The fourth-order valence-corrected chi connectivity index (χ4v) is 4.92. The molecule has 2 unspecified atom stereocenters. The van der Waals surface area contributed by atoms with Crippen LogP contribution < -0.4 is 0 Å². The molecule has 1 saturated heterocycles. The van der Waals surface area contributed by atoms with E-state index in [-0.39, 0.29) is 6.04 Å². The number of hydrogen-bond acceptors (Lipinski definition) is 5. The number of benzene rings is 1. The lowest BCUT2D eigenvalue weighted by molar-refractivity contribution is -0.112. The van der Waals surface area contributed by atoms with Crippen LogP contribution in [-0.2, 0) is 21.1 Å². The Morgan fingerprint density at radius 1 is 1.17 bits per heavy atom. The summed E-state index contributed by atoms with van der Waals surface area (Å²) in [4.78, 5) is 16.6. The maximum absolute atomic E-state index is 11.6. The minimum Gasteiger partial charge on any atom is -0.302 e. The van der Waals surface area contributed by atoms with Gasteiger partial charge in [0.05, 0.1) is 10.9 Å². The average molecular weight is 423 g/mol. The molecule has 0 amide bonds. The molecule has 1 aliphatic heterocycles. The van der Waals surface area contributed by atoms with E-state index in [2.05, 4.69) is 23.6 Å². The molecule has 1 fully saturated rings. The van der Waals surface area contributed by atoms with E-state index in [0.29, 0.717) is 10.9 Å². The highest BCUT2D eigenvalue weighted by molar-refractivity contribution is 7.90. The van der Waals surface area contributed by atoms with Crippen molar-refractivity contribution >= 4 is 16.1 Å². The molecule has 0 N–H and O–H groups in total. The molecule has 29 heavy (non-hydrogen) atoms. The molecule has 0 saturated carbocycles. The van der Waals surface area contributed by atoms with Gasteiger partial charge in [0, 0.05) is 12.3 Å². The normalized spacial score (nSPS) is 19.8. The molecule has 2 atom stereocenters. The first-order chi connectivity index (χ1) is 13.8. The second-order valence-electron chi connectivity index (χ2n) is 8.39. The first-order valence-electron chi connectivity index (χ1n) is 11.1. The lowest BCUT2D eigenvalue weighted by Crippen LogP contribution is -2.38. The number of carbonyl (C=O) groups excluding carboxylic acids is 1. The fraction of sp³-hybridized carbons (Fsp3) is 0.696. The van der Waals surface area contributed by atoms with Crippen LogP contribution in [0.2, 0.25) is 0 Å². The van der Waals surface area contributed by atoms with E-state index in [1.807, 2.05) is 12.1 Å². The van der Waals surface area contributed by atoms with Crippen LogP contribution in [0.15, 0.2) is 29.2 Å². The van der Waals surface area contributed by atoms with Crippen LogP contribution in [0.4, 0.5) is 0 Å². The van der Waals surface area contributed by atoms with E-state index >= 15 is 0 Å². The van der Waals surface area contributed by atoms with E-state index in [1.54, 1.807) is 12.1 Å². The number of unbranched alkanes of at least 4 members (excludes halogenated alkanes) is 1. The molecule has 0 aliphatic carbocycles. The summed E-state index contributed by atoms with van der Waals surface area (Å²) < 4.78 is 23.2. The smallest absolute Gasteiger partial charge is 0.175 e. The van der Waals surface area contributed by atoms with E-state index in [1.165, 1.54) is 31.1 Å². The van der Waals surface area contributed by atoms with E-state index < -0.39 is 9.84 Å². The van der Waals surface area contributed by atoms with Crippen molar-refractivity contribution < 1.29 is 13.2 Å². The Kier molecular flexibility index (Phi) is 9.80. The SMILES string of the molecule is CCN(CCCCN1CCCCCC1C=O)C(C)Cc1ccc(S(C)(=O)=O)cc1. The first kappa shape index (κ1) is 24.0. The van der Waals surface area contributed by atoms with Crippen molar-refractivity contribution in [2.24, 2.45) is 0 Å². The Bertz CT molecular complexity index is 718. The number of rotatable bonds is 11. The number of carbonyl (C=O) groups is 1. The maximum Gasteiger partial charge on any atom is 0.175 e. The summed E-state index contributed by atoms with van der Waals surface area (Å²) in [6.07, 6.45) is 10.2. The minimum atomic E-state index is -3.14. The first-order valence-corrected chi connectivity index (χ1v) is 13.0. The minimum absolute atomic E-state index is 0.119. The summed E-state index contributed by atoms with van der Waals surface area (Å²) in [6, 6.07) is 7.80. The Balaban J connectivity index is 1.79. The van der Waals surface area contributed by atoms with Crippen molar-refractivity contribution in [3.63, 3.8) is 0 Å². The number of likely N-dealkylation sites (tertiary alicyclic amines) is 1. The number of hydrogen-bond donors (Lipinski definition) is 0. The molecule has 0 radical (unpaired) electrons. The summed E-state index contributed by atoms with van der Waals surface area (Å²) in [5.41, 5.74) is 1.17. The maximum atomic E-state index is 11.6. The third kappa shape index (κ3) is 7.83. The van der Waals surface area contributed by atoms with Crippen molar-refractivity contribution in [2.45, 2.75) is 75.8 Å². The second-order valence-corrected chi connectivity index (χ2v) is 10.4. The predicted octanol–water partition coefficient (Wildman–Crippen LogP) is 3.57. The topological polar surface area (TPSA) is 57.7 Å². The Hall–Kier alpha value is -1.24. The molecular weight excluding hydrogens is 384 g/mol. The third-order valence-electron chi connectivity index (χ3n) is 6.12. The molecule has 1 aromatic rings. The molecule has 5 nitrogen and oxygen atoms in total. The highest BCUT2D eigenvalue weighted by atomic mass is 32.2. The van der Waals surface area contributed by atoms with Crippen molar-refractivity contribution in [3.8, 4) is 0 Å². The zero-order valence-electron chi connectivity index (χ0n) is 18.3. The van der Waals surface area contributed by atoms with Crippen molar-refractivity contribution in [3.05, 3.63) is 29.8 Å². The summed E-state index contributed by atoms with van der Waals surface area (Å²) in [5.74, 6) is 0. The van der Waals surface area contributed by atoms with Gasteiger partial charge in [-0.05, 0) is 82.9 Å². The van der Waals surface area contributed by atoms with Crippen molar-refractivity contribution in [2.75, 3.05) is 32.4 Å². The van der Waals surface area contributed by atoms with Gasteiger partial charge in [0.2, 0.25) is 0 Å². The average Bonchev–Trinajstić information content (AvgIpc) is 2.92. The van der Waals surface area contributed by atoms with Crippen LogP contribution >= 0.6 is 0 Å². The summed E-state index contributed by atoms with van der Waals surface area (Å²) in [5, 5.41) is 0. The third-order valence-corrected chi connectivity index (χ3v) is 7.25. The number of nitrogens with zero attached hydrogens (tertiary/aromatic N) is 2. The Morgan fingerprint density at radius 3 is 2.52 bits per heavy atom. The molecule has 2 rings (SSSR count). The molecule has 0 spiro atoms. The number of sulfone groups is 1. The van der Waals surface area contributed by atoms with E-state index in [0.717, 1.165) is 58.1 Å². The molecule has 0 aromatic heterocycles. The van der Waals surface area contributed by atoms with Crippen LogP contribution in [0.1, 0.15) is 57.9 Å². The summed E-state index contributed by atoms with van der Waals surface area (Å²) in [6.45, 7) is 8.57. The van der Waals surface area contributed by atoms with Crippen LogP contribution in [0.5, 0.6) is 0 Å². The van der Waals surface area contributed by atoms with Crippen molar-refractivity contribution in [1.82, 2.24) is 9.80 Å². The van der Waals surface area contributed by atoms with Crippen LogP contribution in [-0.4, -0.2) is 69.0 Å². The number of aldehydes is 1. The summed E-state index contributed by atoms with van der Waals surface area (Å²) in [7, 11) is -3.14. The van der Waals surface area contributed by atoms with Crippen LogP contribution in [0.25, 0.3) is 0 Å². The molecular formula is C23H38N2O3S. The zero-order valence-corrected chi connectivity index (χ0v) is 19.2. The summed E-state index contributed by atoms with van der Waals surface area (Å²) >= 11 is 0. The molecule has 1 heterocycles. The fourth-order valence-electron chi connectivity index (χ4n) is 4.29. The standard InChI is InChI=1S/C23H38N2O3S/c1-4-24(15-8-9-17-25-16-7-5-6-10-22(25)19-26)20(2)18-21-11-13-23(14-12-21)29(3,27)28/h11-14,19-20,22H,4-10,15-18H2,1-3H3. The lowest BCUT2D eigenvalue weighted by atomic mass is 10.1. The van der Waals surface area contributed by atoms with Gasteiger partial charge in [-0.15, -0.1) is 0 Å². The van der Waals surface area contributed by atoms with E-state index in [9.17, 15) is 13.2 Å². The Labute approximate surface area is 177 Å². The monoisotopic (exact) mass is 422 g/mol. The van der Waals surface area contributed by atoms with Gasteiger partial charge in [0.1, 0.15) is 6.29 Å². The molecule has 6 heteroatoms. The van der Waals surface area contributed by atoms with Gasteiger partial charge < -0.3 is 9.69 Å². The Morgan fingerprint density at radius 2 is 1.90 bits per heavy atom. The van der Waals surface area contributed by atoms with Gasteiger partial charge in [-0.25, -0.2) is 8.42 Å². The van der Waals surface area contributed by atoms with Gasteiger partial charge in [0.25, 0.3) is 0 Å². The zero-order chi connectivity index (χ0) is 21.3. The quantitative estimate of drug-likeness (QED) is 0.403. The molecule has 164 valence electrons. The van der Waals surface area contributed by atoms with Gasteiger partial charge in [-0.3, -0.25) is 4.90 Å². The van der Waals surface area contributed by atoms with E-state index in [4.69, 9.17) is 0 Å². The van der Waals surface area contributed by atoms with Gasteiger partial charge in [0.15, 0.2) is 9.84 Å². The predicted molar refractivity (Wildman–Crippen MR) is 119 cm³/mol. The lowest BCUT2D eigenvalue weighted by Gasteiger charge is -2.29.